The average Bonchev–Trinajstić information content (AvgIpc) is 3.34. The predicted molar refractivity (Wildman–Crippen MR) is 128 cm³/mol. The second kappa shape index (κ2) is 8.81. The van der Waals surface area contributed by atoms with Crippen molar-refractivity contribution in [2.45, 2.75) is 6.92 Å². The van der Waals surface area contributed by atoms with Crippen LogP contribution in [-0.2, 0) is 4.79 Å². The first kappa shape index (κ1) is 21.4. The van der Waals surface area contributed by atoms with Gasteiger partial charge in [0.2, 0.25) is 5.91 Å². The predicted octanol–water partition coefficient (Wildman–Crippen LogP) is 3.13. The maximum atomic E-state index is 11.6. The van der Waals surface area contributed by atoms with Crippen LogP contribution in [0.15, 0.2) is 54.7 Å². The lowest BCUT2D eigenvalue weighted by Gasteiger charge is -2.35. The minimum absolute atomic E-state index is 0.114. The summed E-state index contributed by atoms with van der Waals surface area (Å²) < 4.78 is 0. The Morgan fingerprint density at radius 3 is 2.50 bits per heavy atom. The van der Waals surface area contributed by atoms with E-state index in [0.29, 0.717) is 28.2 Å². The van der Waals surface area contributed by atoms with Crippen molar-refractivity contribution in [3.05, 3.63) is 60.3 Å². The van der Waals surface area contributed by atoms with Gasteiger partial charge in [-0.1, -0.05) is 12.1 Å². The van der Waals surface area contributed by atoms with Crippen molar-refractivity contribution in [3.63, 3.8) is 0 Å². The Morgan fingerprint density at radius 2 is 1.79 bits per heavy atom. The summed E-state index contributed by atoms with van der Waals surface area (Å²) in [5.41, 5.74) is 3.98. The second-order valence-electron chi connectivity index (χ2n) is 8.08. The number of rotatable bonds is 5. The van der Waals surface area contributed by atoms with E-state index >= 15 is 0 Å². The van der Waals surface area contributed by atoms with E-state index in [9.17, 15) is 14.7 Å². The molecule has 172 valence electrons. The van der Waals surface area contributed by atoms with Gasteiger partial charge < -0.3 is 20.2 Å². The molecule has 2 aromatic heterocycles. The third-order valence-corrected chi connectivity index (χ3v) is 5.89. The molecule has 0 bridgehead atoms. The lowest BCUT2D eigenvalue weighted by molar-refractivity contribution is -0.129. The number of hydrogen-bond acceptors (Lipinski definition) is 7. The highest BCUT2D eigenvalue weighted by Gasteiger charge is 2.19. The SMILES string of the molecule is CC(=O)N1CCN(c2ccc(Nc3nc(-c4cccc(C(=O)O)c4)nc4cn[nH]c34)cc2)CC1. The fourth-order valence-corrected chi connectivity index (χ4v) is 4.02. The van der Waals surface area contributed by atoms with Crippen molar-refractivity contribution in [2.75, 3.05) is 36.4 Å². The summed E-state index contributed by atoms with van der Waals surface area (Å²) in [6, 6.07) is 14.5. The number of carbonyl (C=O) groups is 2. The lowest BCUT2D eigenvalue weighted by Crippen LogP contribution is -2.48. The quantitative estimate of drug-likeness (QED) is 0.417. The Balaban J connectivity index is 1.39. The van der Waals surface area contributed by atoms with Crippen LogP contribution in [0, 0.1) is 0 Å². The first-order valence-corrected chi connectivity index (χ1v) is 10.9. The summed E-state index contributed by atoms with van der Waals surface area (Å²) in [4.78, 5) is 36.2. The van der Waals surface area contributed by atoms with Gasteiger partial charge >= 0.3 is 5.97 Å². The molecule has 4 aromatic rings. The number of amides is 1. The number of benzene rings is 2. The van der Waals surface area contributed by atoms with Gasteiger partial charge in [0.15, 0.2) is 11.6 Å². The van der Waals surface area contributed by atoms with Crippen molar-refractivity contribution in [1.82, 2.24) is 25.1 Å². The molecule has 1 saturated heterocycles. The molecule has 1 aliphatic rings. The summed E-state index contributed by atoms with van der Waals surface area (Å²) in [6.45, 7) is 4.64. The van der Waals surface area contributed by atoms with E-state index in [4.69, 9.17) is 0 Å². The maximum absolute atomic E-state index is 11.6. The van der Waals surface area contributed by atoms with Crippen molar-refractivity contribution in [2.24, 2.45) is 0 Å². The number of carboxylic acids is 1. The summed E-state index contributed by atoms with van der Waals surface area (Å²) >= 11 is 0. The molecule has 10 heteroatoms. The number of aromatic carboxylic acids is 1. The molecular weight excluding hydrogens is 434 g/mol. The van der Waals surface area contributed by atoms with E-state index in [2.05, 4.69) is 30.4 Å². The van der Waals surface area contributed by atoms with Crippen LogP contribution >= 0.6 is 0 Å². The summed E-state index contributed by atoms with van der Waals surface area (Å²) in [5, 5.41) is 19.6. The highest BCUT2D eigenvalue weighted by Crippen LogP contribution is 2.27. The number of carboxylic acid groups (broad SMARTS) is 1. The number of aromatic nitrogens is 4. The molecule has 0 saturated carbocycles. The molecule has 1 amide bonds. The zero-order valence-electron chi connectivity index (χ0n) is 18.5. The van der Waals surface area contributed by atoms with E-state index in [0.717, 1.165) is 37.6 Å². The molecular formula is C24H23N7O3. The van der Waals surface area contributed by atoms with Crippen LogP contribution in [0.1, 0.15) is 17.3 Å². The van der Waals surface area contributed by atoms with Gasteiger partial charge in [0.1, 0.15) is 11.0 Å². The van der Waals surface area contributed by atoms with E-state index in [1.807, 2.05) is 29.2 Å². The second-order valence-corrected chi connectivity index (χ2v) is 8.08. The largest absolute Gasteiger partial charge is 0.478 e. The van der Waals surface area contributed by atoms with Crippen molar-refractivity contribution >= 4 is 40.1 Å². The molecule has 5 rings (SSSR count). The number of carbonyl (C=O) groups excluding carboxylic acids is 1. The fraction of sp³-hybridized carbons (Fsp3) is 0.208. The van der Waals surface area contributed by atoms with Crippen LogP contribution in [0.25, 0.3) is 22.4 Å². The normalized spacial score (nSPS) is 13.8. The molecule has 0 spiro atoms. The van der Waals surface area contributed by atoms with Gasteiger partial charge in [-0.2, -0.15) is 5.10 Å². The standard InChI is InChI=1S/C24H23N7O3/c1-15(32)30-9-11-31(12-10-30)19-7-5-18(6-8-19)26-23-21-20(14-25-29-21)27-22(28-23)16-3-2-4-17(13-16)24(33)34/h2-8,13-14H,9-12H2,1H3,(H,25,29)(H,33,34)(H,26,27,28). The number of nitrogens with one attached hydrogen (secondary N) is 2. The Bertz CT molecular complexity index is 1360. The number of anilines is 3. The summed E-state index contributed by atoms with van der Waals surface area (Å²) in [5.74, 6) is 0.0520. The highest BCUT2D eigenvalue weighted by molar-refractivity contribution is 5.91. The van der Waals surface area contributed by atoms with Gasteiger partial charge in [-0.3, -0.25) is 9.89 Å². The van der Waals surface area contributed by atoms with Gasteiger partial charge in [0.05, 0.1) is 11.8 Å². The monoisotopic (exact) mass is 457 g/mol. The van der Waals surface area contributed by atoms with Gasteiger partial charge in [0.25, 0.3) is 0 Å². The van der Waals surface area contributed by atoms with Crippen molar-refractivity contribution < 1.29 is 14.7 Å². The number of hydrogen-bond donors (Lipinski definition) is 3. The van der Waals surface area contributed by atoms with Gasteiger partial charge in [-0.15, -0.1) is 0 Å². The van der Waals surface area contributed by atoms with Crippen LogP contribution in [-0.4, -0.2) is 68.2 Å². The number of H-pyrrole nitrogens is 1. The topological polar surface area (TPSA) is 127 Å². The molecule has 34 heavy (non-hydrogen) atoms. The van der Waals surface area contributed by atoms with Gasteiger partial charge in [-0.05, 0) is 36.4 Å². The summed E-state index contributed by atoms with van der Waals surface area (Å²) in [7, 11) is 0. The van der Waals surface area contributed by atoms with Crippen molar-refractivity contribution in [1.29, 1.82) is 0 Å². The van der Waals surface area contributed by atoms with E-state index < -0.39 is 5.97 Å². The zero-order chi connectivity index (χ0) is 23.7. The third-order valence-electron chi connectivity index (χ3n) is 5.89. The number of fused-ring (bicyclic) bond motifs is 1. The minimum Gasteiger partial charge on any atom is -0.478 e. The molecule has 0 atom stereocenters. The van der Waals surface area contributed by atoms with E-state index in [1.54, 1.807) is 31.3 Å². The Kier molecular flexibility index (Phi) is 5.54. The van der Waals surface area contributed by atoms with Gasteiger partial charge in [0, 0.05) is 50.0 Å². The zero-order valence-corrected chi connectivity index (χ0v) is 18.5. The number of piperazine rings is 1. The maximum Gasteiger partial charge on any atom is 0.335 e. The van der Waals surface area contributed by atoms with Crippen molar-refractivity contribution in [3.8, 4) is 11.4 Å². The van der Waals surface area contributed by atoms with E-state index in [-0.39, 0.29) is 11.5 Å². The fourth-order valence-electron chi connectivity index (χ4n) is 4.02. The lowest BCUT2D eigenvalue weighted by atomic mass is 10.1. The molecule has 1 aliphatic heterocycles. The Morgan fingerprint density at radius 1 is 1.03 bits per heavy atom. The molecule has 0 aliphatic carbocycles. The van der Waals surface area contributed by atoms with Crippen LogP contribution in [0.5, 0.6) is 0 Å². The minimum atomic E-state index is -1.01. The third kappa shape index (κ3) is 4.25. The number of aromatic amines is 1. The Labute approximate surface area is 195 Å². The van der Waals surface area contributed by atoms with E-state index in [1.165, 1.54) is 6.07 Å². The Hall–Kier alpha value is -4.47. The molecule has 0 unspecified atom stereocenters. The average molecular weight is 457 g/mol. The molecule has 2 aromatic carbocycles. The summed E-state index contributed by atoms with van der Waals surface area (Å²) in [6.07, 6.45) is 1.61. The smallest absolute Gasteiger partial charge is 0.335 e. The molecule has 10 nitrogen and oxygen atoms in total. The van der Waals surface area contributed by atoms with Gasteiger partial charge in [-0.25, -0.2) is 14.8 Å². The first-order valence-electron chi connectivity index (χ1n) is 10.9. The molecule has 0 radical (unpaired) electrons. The van der Waals surface area contributed by atoms with Crippen LogP contribution in [0.2, 0.25) is 0 Å². The molecule has 3 N–H and O–H groups in total. The van der Waals surface area contributed by atoms with Crippen LogP contribution in [0.3, 0.4) is 0 Å². The highest BCUT2D eigenvalue weighted by atomic mass is 16.4. The molecule has 3 heterocycles. The first-order chi connectivity index (χ1) is 16.5. The number of nitrogens with zero attached hydrogens (tertiary/aromatic N) is 5. The van der Waals surface area contributed by atoms with Crippen LogP contribution in [0.4, 0.5) is 17.2 Å². The molecule has 1 fully saturated rings. The van der Waals surface area contributed by atoms with Crippen LogP contribution < -0.4 is 10.2 Å².